The maximum Gasteiger partial charge on any atom is 0.220 e. The number of hydrogen-bond donors (Lipinski definition) is 1. The minimum atomic E-state index is -0.130. The number of nitrogens with two attached hydrogens (primary N) is 1. The SMILES string of the molecule is COC1CCC(CC2CCC(OCCN3CCC(C(N)=O)CC3)CC2)CC1. The van der Waals surface area contributed by atoms with Gasteiger partial charge in [0, 0.05) is 19.6 Å². The summed E-state index contributed by atoms with van der Waals surface area (Å²) in [6.07, 6.45) is 14.6. The van der Waals surface area contributed by atoms with E-state index in [9.17, 15) is 4.79 Å². The number of carbonyl (C=O) groups is 1. The summed E-state index contributed by atoms with van der Waals surface area (Å²) in [4.78, 5) is 13.7. The lowest BCUT2D eigenvalue weighted by Crippen LogP contribution is -2.40. The Labute approximate surface area is 165 Å². The quantitative estimate of drug-likeness (QED) is 0.701. The highest BCUT2D eigenvalue weighted by atomic mass is 16.5. The van der Waals surface area contributed by atoms with Gasteiger partial charge >= 0.3 is 0 Å². The lowest BCUT2D eigenvalue weighted by molar-refractivity contribution is -0.123. The van der Waals surface area contributed by atoms with Crippen LogP contribution in [0.25, 0.3) is 0 Å². The molecule has 3 rings (SSSR count). The van der Waals surface area contributed by atoms with Gasteiger partial charge in [-0.1, -0.05) is 0 Å². The molecule has 0 radical (unpaired) electrons. The fourth-order valence-corrected chi connectivity index (χ4v) is 5.40. The molecule has 3 fully saturated rings. The van der Waals surface area contributed by atoms with Gasteiger partial charge < -0.3 is 20.1 Å². The maximum atomic E-state index is 11.2. The van der Waals surface area contributed by atoms with E-state index >= 15 is 0 Å². The highest BCUT2D eigenvalue weighted by Crippen LogP contribution is 2.36. The second-order valence-electron chi connectivity index (χ2n) is 9.15. The molecule has 3 aliphatic rings. The Kier molecular flexibility index (Phi) is 8.41. The monoisotopic (exact) mass is 380 g/mol. The second kappa shape index (κ2) is 10.8. The van der Waals surface area contributed by atoms with E-state index in [4.69, 9.17) is 15.2 Å². The first-order valence-corrected chi connectivity index (χ1v) is 11.3. The molecule has 2 aliphatic carbocycles. The van der Waals surface area contributed by atoms with Gasteiger partial charge in [-0.2, -0.15) is 0 Å². The number of likely N-dealkylation sites (tertiary alicyclic amines) is 1. The van der Waals surface area contributed by atoms with Crippen LogP contribution in [-0.2, 0) is 14.3 Å². The van der Waals surface area contributed by atoms with Crippen molar-refractivity contribution in [2.45, 2.75) is 82.8 Å². The van der Waals surface area contributed by atoms with Crippen molar-refractivity contribution in [3.8, 4) is 0 Å². The van der Waals surface area contributed by atoms with Crippen LogP contribution in [0.3, 0.4) is 0 Å². The van der Waals surface area contributed by atoms with Crippen molar-refractivity contribution >= 4 is 5.91 Å². The highest BCUT2D eigenvalue weighted by molar-refractivity contribution is 5.76. The molecule has 0 spiro atoms. The van der Waals surface area contributed by atoms with Crippen LogP contribution in [0.1, 0.15) is 70.6 Å². The molecule has 27 heavy (non-hydrogen) atoms. The van der Waals surface area contributed by atoms with E-state index in [1.165, 1.54) is 57.8 Å². The molecule has 1 heterocycles. The normalized spacial score (nSPS) is 33.8. The standard InChI is InChI=1S/C22H40N2O3/c1-26-20-6-2-17(3-7-20)16-18-4-8-21(9-5-18)27-15-14-24-12-10-19(11-13-24)22(23)25/h17-21H,2-16H2,1H3,(H2,23,25). The van der Waals surface area contributed by atoms with E-state index in [1.54, 1.807) is 0 Å². The Balaban J connectivity index is 1.23. The van der Waals surface area contributed by atoms with Gasteiger partial charge in [0.2, 0.25) is 5.91 Å². The Bertz CT molecular complexity index is 435. The lowest BCUT2D eigenvalue weighted by atomic mass is 9.76. The van der Waals surface area contributed by atoms with Crippen LogP contribution in [-0.4, -0.2) is 56.4 Å². The first kappa shape index (κ1) is 21.1. The van der Waals surface area contributed by atoms with Crippen molar-refractivity contribution in [3.63, 3.8) is 0 Å². The van der Waals surface area contributed by atoms with Gasteiger partial charge in [-0.3, -0.25) is 4.79 Å². The summed E-state index contributed by atoms with van der Waals surface area (Å²) < 4.78 is 11.7. The Hall–Kier alpha value is -0.650. The second-order valence-corrected chi connectivity index (χ2v) is 9.15. The zero-order valence-corrected chi connectivity index (χ0v) is 17.2. The average molecular weight is 381 g/mol. The van der Waals surface area contributed by atoms with Crippen LogP contribution >= 0.6 is 0 Å². The number of ether oxygens (including phenoxy) is 2. The molecule has 2 N–H and O–H groups in total. The van der Waals surface area contributed by atoms with Gasteiger partial charge in [0.1, 0.15) is 0 Å². The molecule has 2 saturated carbocycles. The Morgan fingerprint density at radius 2 is 1.44 bits per heavy atom. The molecular weight excluding hydrogens is 340 g/mol. The summed E-state index contributed by atoms with van der Waals surface area (Å²) in [6.45, 7) is 3.79. The molecule has 5 nitrogen and oxygen atoms in total. The average Bonchev–Trinajstić information content (AvgIpc) is 2.70. The molecule has 5 heteroatoms. The molecule has 0 aromatic rings. The molecule has 0 unspecified atom stereocenters. The number of hydrogen-bond acceptors (Lipinski definition) is 4. The van der Waals surface area contributed by atoms with Crippen LogP contribution in [0.2, 0.25) is 0 Å². The van der Waals surface area contributed by atoms with Crippen molar-refractivity contribution < 1.29 is 14.3 Å². The summed E-state index contributed by atoms with van der Waals surface area (Å²) in [5.74, 6) is 1.81. The van der Waals surface area contributed by atoms with Gasteiger partial charge in [0.15, 0.2) is 0 Å². The van der Waals surface area contributed by atoms with Crippen molar-refractivity contribution in [2.24, 2.45) is 23.5 Å². The maximum absolute atomic E-state index is 11.2. The van der Waals surface area contributed by atoms with E-state index < -0.39 is 0 Å². The number of carbonyl (C=O) groups excluding carboxylic acids is 1. The summed E-state index contributed by atoms with van der Waals surface area (Å²) in [5, 5.41) is 0. The van der Waals surface area contributed by atoms with Crippen LogP contribution in [0.4, 0.5) is 0 Å². The number of piperidine rings is 1. The van der Waals surface area contributed by atoms with Gasteiger partial charge in [-0.25, -0.2) is 0 Å². The largest absolute Gasteiger partial charge is 0.381 e. The smallest absolute Gasteiger partial charge is 0.220 e. The molecule has 1 saturated heterocycles. The first-order chi connectivity index (χ1) is 13.1. The van der Waals surface area contributed by atoms with Crippen LogP contribution < -0.4 is 5.73 Å². The van der Waals surface area contributed by atoms with Gasteiger partial charge in [0.25, 0.3) is 0 Å². The van der Waals surface area contributed by atoms with E-state index in [2.05, 4.69) is 4.90 Å². The topological polar surface area (TPSA) is 64.8 Å². The fourth-order valence-electron chi connectivity index (χ4n) is 5.40. The van der Waals surface area contributed by atoms with Crippen LogP contribution in [0.5, 0.6) is 0 Å². The third-order valence-electron chi connectivity index (χ3n) is 7.34. The van der Waals surface area contributed by atoms with E-state index in [1.807, 2.05) is 7.11 Å². The zero-order chi connectivity index (χ0) is 19.1. The summed E-state index contributed by atoms with van der Waals surface area (Å²) in [7, 11) is 1.86. The molecule has 0 aromatic carbocycles. The molecule has 156 valence electrons. The fraction of sp³-hybridized carbons (Fsp3) is 0.955. The molecule has 1 aliphatic heterocycles. The van der Waals surface area contributed by atoms with Gasteiger partial charge in [-0.05, 0) is 95.6 Å². The van der Waals surface area contributed by atoms with Crippen LogP contribution in [0, 0.1) is 17.8 Å². The predicted octanol–water partition coefficient (Wildman–Crippen LogP) is 3.35. The van der Waals surface area contributed by atoms with Crippen molar-refractivity contribution in [1.82, 2.24) is 4.90 Å². The molecule has 0 atom stereocenters. The van der Waals surface area contributed by atoms with E-state index in [0.717, 1.165) is 50.9 Å². The number of amides is 1. The number of rotatable bonds is 8. The Morgan fingerprint density at radius 3 is 1.96 bits per heavy atom. The minimum absolute atomic E-state index is 0.0852. The summed E-state index contributed by atoms with van der Waals surface area (Å²) >= 11 is 0. The molecule has 1 amide bonds. The number of nitrogens with zero attached hydrogens (tertiary/aromatic N) is 1. The Morgan fingerprint density at radius 1 is 0.889 bits per heavy atom. The van der Waals surface area contributed by atoms with Crippen molar-refractivity contribution in [3.05, 3.63) is 0 Å². The third kappa shape index (κ3) is 6.72. The highest BCUT2D eigenvalue weighted by Gasteiger charge is 2.27. The number of methoxy groups -OCH3 is 1. The summed E-state index contributed by atoms with van der Waals surface area (Å²) in [5.41, 5.74) is 5.41. The first-order valence-electron chi connectivity index (χ1n) is 11.3. The van der Waals surface area contributed by atoms with Gasteiger partial charge in [0.05, 0.1) is 18.8 Å². The molecule has 0 aromatic heterocycles. The minimum Gasteiger partial charge on any atom is -0.381 e. The molecular formula is C22H40N2O3. The molecule has 0 bridgehead atoms. The van der Waals surface area contributed by atoms with E-state index in [0.29, 0.717) is 12.2 Å². The van der Waals surface area contributed by atoms with Crippen molar-refractivity contribution in [1.29, 1.82) is 0 Å². The third-order valence-corrected chi connectivity index (χ3v) is 7.34. The van der Waals surface area contributed by atoms with Gasteiger partial charge in [-0.15, -0.1) is 0 Å². The predicted molar refractivity (Wildman–Crippen MR) is 107 cm³/mol. The summed E-state index contributed by atoms with van der Waals surface area (Å²) in [6, 6.07) is 0. The zero-order valence-electron chi connectivity index (χ0n) is 17.2. The van der Waals surface area contributed by atoms with Crippen LogP contribution in [0.15, 0.2) is 0 Å². The van der Waals surface area contributed by atoms with E-state index in [-0.39, 0.29) is 11.8 Å². The lowest BCUT2D eigenvalue weighted by Gasteiger charge is -2.34. The number of primary amides is 1. The van der Waals surface area contributed by atoms with Crippen molar-refractivity contribution in [2.75, 3.05) is 33.4 Å².